The van der Waals surface area contributed by atoms with E-state index in [2.05, 4.69) is 0 Å². The number of esters is 1. The molecule has 7 rings (SSSR count). The summed E-state index contributed by atoms with van der Waals surface area (Å²) in [4.78, 5) is 53.8. The molecule has 4 atom stereocenters. The van der Waals surface area contributed by atoms with Crippen LogP contribution in [0, 0.1) is 34.8 Å². The van der Waals surface area contributed by atoms with Gasteiger partial charge < -0.3 is 4.74 Å². The van der Waals surface area contributed by atoms with E-state index >= 15 is 0 Å². The number of nitro groups is 1. The summed E-state index contributed by atoms with van der Waals surface area (Å²) in [5, 5.41) is 13.0. The van der Waals surface area contributed by atoms with Crippen LogP contribution in [0.2, 0.25) is 0 Å². The van der Waals surface area contributed by atoms with Crippen molar-refractivity contribution in [3.8, 4) is 5.75 Å². The van der Waals surface area contributed by atoms with Crippen LogP contribution in [0.3, 0.4) is 0 Å². The highest BCUT2D eigenvalue weighted by molar-refractivity contribution is 6.25. The van der Waals surface area contributed by atoms with Crippen molar-refractivity contribution in [2.45, 2.75) is 12.8 Å². The average Bonchev–Trinajstić information content (AvgIpc) is 3.22. The van der Waals surface area contributed by atoms with Gasteiger partial charge >= 0.3 is 5.97 Å². The summed E-state index contributed by atoms with van der Waals surface area (Å²) in [6.07, 6.45) is 1.95. The van der Waals surface area contributed by atoms with Gasteiger partial charge in [-0.05, 0) is 35.1 Å². The van der Waals surface area contributed by atoms with Crippen molar-refractivity contribution in [1.82, 2.24) is 0 Å². The standard InChI is InChI=1S/C32H22N2O6/c1-17-15-20(34(38)39)12-14-25(17)33-30(35)26-23(18-7-3-2-4-8-18)16-24-22-13-11-19-9-5-6-10-21(19)29(22)40-32(37)27(24)28(26)31(33)36/h2-16,23,26-28H,1H3/t23-,26-,27-,28+/m1/s1. The minimum atomic E-state index is -0.987. The number of benzene rings is 4. The van der Waals surface area contributed by atoms with Crippen LogP contribution >= 0.6 is 0 Å². The molecule has 0 bridgehead atoms. The monoisotopic (exact) mass is 530 g/mol. The minimum absolute atomic E-state index is 0.136. The van der Waals surface area contributed by atoms with E-state index in [1.54, 1.807) is 6.92 Å². The summed E-state index contributed by atoms with van der Waals surface area (Å²) < 4.78 is 5.92. The SMILES string of the molecule is Cc1cc([N+](=O)[O-])ccc1N1C(=O)[C@@H]2[C@@H]3C(=O)Oc4c(ccc5ccccc45)C3=C[C@H](c3ccccc3)[C@H]2C1=O. The largest absolute Gasteiger partial charge is 0.425 e. The highest BCUT2D eigenvalue weighted by atomic mass is 16.6. The highest BCUT2D eigenvalue weighted by Crippen LogP contribution is 2.55. The Bertz CT molecular complexity index is 1810. The number of carbonyl (C=O) groups is 3. The lowest BCUT2D eigenvalue weighted by Gasteiger charge is -2.38. The lowest BCUT2D eigenvalue weighted by molar-refractivity contribution is -0.384. The van der Waals surface area contributed by atoms with Crippen molar-refractivity contribution >= 4 is 45.5 Å². The molecule has 0 saturated carbocycles. The molecule has 0 spiro atoms. The zero-order valence-electron chi connectivity index (χ0n) is 21.3. The van der Waals surface area contributed by atoms with E-state index in [0.29, 0.717) is 16.9 Å². The summed E-state index contributed by atoms with van der Waals surface area (Å²) in [6, 6.07) is 25.0. The fraction of sp³-hybridized carbons (Fsp3) is 0.156. The number of rotatable bonds is 3. The molecule has 40 heavy (non-hydrogen) atoms. The predicted molar refractivity (Wildman–Crippen MR) is 148 cm³/mol. The van der Waals surface area contributed by atoms with E-state index in [4.69, 9.17) is 4.74 Å². The van der Waals surface area contributed by atoms with Crippen molar-refractivity contribution in [2.24, 2.45) is 17.8 Å². The first-order valence-electron chi connectivity index (χ1n) is 13.0. The molecule has 1 aliphatic carbocycles. The Morgan fingerprint density at radius 1 is 0.850 bits per heavy atom. The molecule has 8 heteroatoms. The summed E-state index contributed by atoms with van der Waals surface area (Å²) in [5.41, 5.74) is 2.82. The fourth-order valence-corrected chi connectivity index (χ4v) is 6.53. The fourth-order valence-electron chi connectivity index (χ4n) is 6.53. The van der Waals surface area contributed by atoms with Gasteiger partial charge in [0.1, 0.15) is 5.75 Å². The lowest BCUT2D eigenvalue weighted by Crippen LogP contribution is -2.42. The van der Waals surface area contributed by atoms with Gasteiger partial charge in [-0.25, -0.2) is 4.90 Å². The normalized spacial score (nSPS) is 23.3. The number of ether oxygens (including phenoxy) is 1. The number of fused-ring (bicyclic) bond motifs is 7. The van der Waals surface area contributed by atoms with Crippen LogP contribution in [-0.4, -0.2) is 22.7 Å². The number of hydrogen-bond donors (Lipinski definition) is 0. The van der Waals surface area contributed by atoms with E-state index in [1.165, 1.54) is 18.2 Å². The number of nitro benzene ring substituents is 1. The number of imide groups is 1. The van der Waals surface area contributed by atoms with Crippen molar-refractivity contribution in [1.29, 1.82) is 0 Å². The van der Waals surface area contributed by atoms with Gasteiger partial charge in [-0.1, -0.05) is 72.8 Å². The van der Waals surface area contributed by atoms with Gasteiger partial charge in [-0.15, -0.1) is 0 Å². The van der Waals surface area contributed by atoms with Crippen molar-refractivity contribution < 1.29 is 24.0 Å². The number of anilines is 1. The van der Waals surface area contributed by atoms with Crippen LogP contribution in [0.15, 0.2) is 91.0 Å². The molecular weight excluding hydrogens is 508 g/mol. The van der Waals surface area contributed by atoms with E-state index in [-0.39, 0.29) is 11.4 Å². The molecule has 1 fully saturated rings. The molecule has 8 nitrogen and oxygen atoms in total. The third kappa shape index (κ3) is 3.35. The van der Waals surface area contributed by atoms with Crippen molar-refractivity contribution in [3.05, 3.63) is 118 Å². The van der Waals surface area contributed by atoms with Gasteiger partial charge in [0.15, 0.2) is 0 Å². The van der Waals surface area contributed by atoms with Crippen LogP contribution in [0.5, 0.6) is 5.75 Å². The topological polar surface area (TPSA) is 107 Å². The Hall–Kier alpha value is -5.11. The number of amides is 2. The zero-order valence-corrected chi connectivity index (χ0v) is 21.3. The van der Waals surface area contributed by atoms with Gasteiger partial charge in [0.25, 0.3) is 5.69 Å². The van der Waals surface area contributed by atoms with E-state index in [9.17, 15) is 24.5 Å². The molecule has 2 heterocycles. The first kappa shape index (κ1) is 24.0. The van der Waals surface area contributed by atoms with Crippen LogP contribution in [0.25, 0.3) is 16.3 Å². The highest BCUT2D eigenvalue weighted by Gasteiger charge is 2.60. The van der Waals surface area contributed by atoms with Crippen LogP contribution < -0.4 is 9.64 Å². The van der Waals surface area contributed by atoms with E-state index < -0.39 is 46.4 Å². The van der Waals surface area contributed by atoms with Crippen LogP contribution in [-0.2, 0) is 14.4 Å². The van der Waals surface area contributed by atoms with Crippen LogP contribution in [0.4, 0.5) is 11.4 Å². The number of nitrogens with zero attached hydrogens (tertiary/aromatic N) is 2. The Kier molecular flexibility index (Phi) is 5.22. The van der Waals surface area contributed by atoms with E-state index in [0.717, 1.165) is 26.8 Å². The minimum Gasteiger partial charge on any atom is -0.425 e. The molecule has 1 saturated heterocycles. The number of aryl methyl sites for hydroxylation is 1. The molecule has 0 radical (unpaired) electrons. The molecule has 4 aromatic rings. The maximum absolute atomic E-state index is 14.2. The van der Waals surface area contributed by atoms with Crippen molar-refractivity contribution in [2.75, 3.05) is 4.90 Å². The first-order valence-corrected chi connectivity index (χ1v) is 13.0. The van der Waals surface area contributed by atoms with Gasteiger partial charge in [0, 0.05) is 29.0 Å². The Morgan fingerprint density at radius 2 is 1.57 bits per heavy atom. The quantitative estimate of drug-likeness (QED) is 0.113. The molecule has 0 aromatic heterocycles. The first-order chi connectivity index (χ1) is 19.3. The second kappa shape index (κ2) is 8.71. The molecule has 0 N–H and O–H groups in total. The summed E-state index contributed by atoms with van der Waals surface area (Å²) >= 11 is 0. The molecule has 2 aliphatic heterocycles. The summed E-state index contributed by atoms with van der Waals surface area (Å²) in [5.74, 6) is -4.32. The van der Waals surface area contributed by atoms with Gasteiger partial charge in [-0.2, -0.15) is 0 Å². The number of non-ortho nitro benzene ring substituents is 1. The summed E-state index contributed by atoms with van der Waals surface area (Å²) in [7, 11) is 0. The maximum Gasteiger partial charge on any atom is 0.319 e. The predicted octanol–water partition coefficient (Wildman–Crippen LogP) is 5.58. The second-order valence-corrected chi connectivity index (χ2v) is 10.4. The third-order valence-electron chi connectivity index (χ3n) is 8.30. The molecule has 196 valence electrons. The van der Waals surface area contributed by atoms with Crippen LogP contribution in [0.1, 0.15) is 22.6 Å². The molecule has 0 unspecified atom stereocenters. The van der Waals surface area contributed by atoms with Gasteiger partial charge in [0.2, 0.25) is 11.8 Å². The number of hydrogen-bond acceptors (Lipinski definition) is 6. The maximum atomic E-state index is 14.2. The molecular formula is C32H22N2O6. The van der Waals surface area contributed by atoms with E-state index in [1.807, 2.05) is 72.8 Å². The number of allylic oxidation sites excluding steroid dienone is 1. The lowest BCUT2D eigenvalue weighted by atomic mass is 9.64. The second-order valence-electron chi connectivity index (χ2n) is 10.4. The zero-order chi connectivity index (χ0) is 27.7. The smallest absolute Gasteiger partial charge is 0.319 e. The number of carbonyl (C=O) groups excluding carboxylic acids is 3. The van der Waals surface area contributed by atoms with Gasteiger partial charge in [0.05, 0.1) is 28.4 Å². The Morgan fingerprint density at radius 3 is 2.33 bits per heavy atom. The Labute approximate surface area is 228 Å². The average molecular weight is 531 g/mol. The third-order valence-corrected chi connectivity index (χ3v) is 8.30. The van der Waals surface area contributed by atoms with Gasteiger partial charge in [-0.3, -0.25) is 24.5 Å². The Balaban J connectivity index is 1.42. The molecule has 2 amide bonds. The van der Waals surface area contributed by atoms with Crippen molar-refractivity contribution in [3.63, 3.8) is 0 Å². The molecule has 3 aliphatic rings. The summed E-state index contributed by atoms with van der Waals surface area (Å²) in [6.45, 7) is 1.62. The molecule has 4 aromatic carbocycles.